The van der Waals surface area contributed by atoms with Crippen molar-refractivity contribution in [1.29, 1.82) is 0 Å². The normalized spacial score (nSPS) is 23.2. The lowest BCUT2D eigenvalue weighted by atomic mass is 10.2. The van der Waals surface area contributed by atoms with Gasteiger partial charge in [-0.15, -0.1) is 0 Å². The molecule has 1 aliphatic heterocycles. The van der Waals surface area contributed by atoms with Gasteiger partial charge in [0.15, 0.2) is 5.82 Å². The van der Waals surface area contributed by atoms with Crippen LogP contribution in [0, 0.1) is 6.92 Å². The molecule has 1 aromatic rings. The number of hydrogen-bond donors (Lipinski definition) is 1. The zero-order valence-corrected chi connectivity index (χ0v) is 10.1. The van der Waals surface area contributed by atoms with Crippen LogP contribution in [0.1, 0.15) is 31.5 Å². The second-order valence-corrected chi connectivity index (χ2v) is 4.38. The van der Waals surface area contributed by atoms with Crippen molar-refractivity contribution in [2.45, 2.75) is 39.3 Å². The van der Waals surface area contributed by atoms with Crippen LogP contribution in [-0.4, -0.2) is 40.7 Å². The van der Waals surface area contributed by atoms with Gasteiger partial charge in [-0.05, 0) is 32.9 Å². The average molecular weight is 224 g/mol. The highest BCUT2D eigenvalue weighted by Crippen LogP contribution is 2.08. The molecule has 1 N–H and O–H groups in total. The molecular weight excluding hydrogens is 204 g/mol. The van der Waals surface area contributed by atoms with E-state index in [1.54, 1.807) is 0 Å². The van der Waals surface area contributed by atoms with Crippen molar-refractivity contribution in [2.75, 3.05) is 19.6 Å². The Morgan fingerprint density at radius 2 is 2.44 bits per heavy atom. The number of nitrogens with one attached hydrogen (secondary N) is 1. The van der Waals surface area contributed by atoms with Crippen molar-refractivity contribution < 1.29 is 4.52 Å². The zero-order valence-electron chi connectivity index (χ0n) is 10.1. The van der Waals surface area contributed by atoms with E-state index in [0.717, 1.165) is 37.9 Å². The van der Waals surface area contributed by atoms with E-state index in [0.29, 0.717) is 6.04 Å². The third-order valence-electron chi connectivity index (χ3n) is 2.98. The maximum absolute atomic E-state index is 5.15. The third kappa shape index (κ3) is 3.02. The first-order valence-corrected chi connectivity index (χ1v) is 6.03. The molecule has 0 saturated carbocycles. The summed E-state index contributed by atoms with van der Waals surface area (Å²) >= 11 is 0. The number of aromatic nitrogens is 2. The Morgan fingerprint density at radius 3 is 3.12 bits per heavy atom. The first-order valence-electron chi connectivity index (χ1n) is 6.03. The minimum atomic E-state index is 0.589. The largest absolute Gasteiger partial charge is 0.338 e. The van der Waals surface area contributed by atoms with E-state index >= 15 is 0 Å². The van der Waals surface area contributed by atoms with E-state index in [9.17, 15) is 0 Å². The monoisotopic (exact) mass is 224 g/mol. The van der Waals surface area contributed by atoms with Crippen LogP contribution in [0.4, 0.5) is 0 Å². The van der Waals surface area contributed by atoms with Gasteiger partial charge in [0.2, 0.25) is 5.89 Å². The van der Waals surface area contributed by atoms with Crippen molar-refractivity contribution in [1.82, 2.24) is 20.4 Å². The molecule has 5 nitrogen and oxygen atoms in total. The number of aryl methyl sites for hydroxylation is 1. The van der Waals surface area contributed by atoms with Crippen LogP contribution in [0.5, 0.6) is 0 Å². The third-order valence-corrected chi connectivity index (χ3v) is 2.98. The summed E-state index contributed by atoms with van der Waals surface area (Å²) in [5.41, 5.74) is 0. The van der Waals surface area contributed by atoms with Gasteiger partial charge in [0.1, 0.15) is 0 Å². The summed E-state index contributed by atoms with van der Waals surface area (Å²) < 4.78 is 5.15. The molecule has 1 fully saturated rings. The summed E-state index contributed by atoms with van der Waals surface area (Å²) in [6, 6.07) is 0.589. The molecule has 0 radical (unpaired) electrons. The molecule has 1 saturated heterocycles. The molecule has 0 aromatic carbocycles. The van der Waals surface area contributed by atoms with Crippen molar-refractivity contribution in [2.24, 2.45) is 0 Å². The van der Waals surface area contributed by atoms with Crippen molar-refractivity contribution in [3.05, 3.63) is 11.7 Å². The van der Waals surface area contributed by atoms with E-state index in [-0.39, 0.29) is 0 Å². The van der Waals surface area contributed by atoms with Gasteiger partial charge in [-0.2, -0.15) is 4.98 Å². The molecule has 1 atom stereocenters. The molecule has 0 amide bonds. The first-order chi connectivity index (χ1) is 7.78. The summed E-state index contributed by atoms with van der Waals surface area (Å²) in [5, 5.41) is 7.36. The number of rotatable bonds is 3. The Kier molecular flexibility index (Phi) is 3.90. The average Bonchev–Trinajstić information content (AvgIpc) is 2.55. The van der Waals surface area contributed by atoms with Gasteiger partial charge in [-0.3, -0.25) is 4.90 Å². The Labute approximate surface area is 96.2 Å². The standard InChI is InChI=1S/C11H20N4O/c1-3-10-7-15(6-4-5-12-10)8-11-13-9(2)14-16-11/h10,12H,3-8H2,1-2H3. The lowest BCUT2D eigenvalue weighted by Gasteiger charge is -2.21. The van der Waals surface area contributed by atoms with E-state index in [2.05, 4.69) is 27.3 Å². The zero-order chi connectivity index (χ0) is 11.4. The molecule has 2 rings (SSSR count). The van der Waals surface area contributed by atoms with E-state index in [1.165, 1.54) is 12.8 Å². The predicted molar refractivity (Wildman–Crippen MR) is 61.0 cm³/mol. The van der Waals surface area contributed by atoms with Gasteiger partial charge in [-0.25, -0.2) is 0 Å². The Bertz CT molecular complexity index is 326. The highest BCUT2D eigenvalue weighted by atomic mass is 16.5. The molecule has 0 spiro atoms. The Balaban J connectivity index is 1.92. The topological polar surface area (TPSA) is 54.2 Å². The lowest BCUT2D eigenvalue weighted by molar-refractivity contribution is 0.221. The second-order valence-electron chi connectivity index (χ2n) is 4.38. The Morgan fingerprint density at radius 1 is 1.56 bits per heavy atom. The molecule has 1 aliphatic rings. The van der Waals surface area contributed by atoms with Crippen LogP contribution in [0.25, 0.3) is 0 Å². The molecule has 5 heteroatoms. The van der Waals surface area contributed by atoms with Gasteiger partial charge in [0, 0.05) is 12.6 Å². The fourth-order valence-corrected chi connectivity index (χ4v) is 2.09. The van der Waals surface area contributed by atoms with Crippen molar-refractivity contribution in [3.63, 3.8) is 0 Å². The van der Waals surface area contributed by atoms with Crippen LogP contribution >= 0.6 is 0 Å². The summed E-state index contributed by atoms with van der Waals surface area (Å²) in [7, 11) is 0. The highest BCUT2D eigenvalue weighted by Gasteiger charge is 2.18. The SMILES string of the molecule is CCC1CN(Cc2nc(C)no2)CCCN1. The maximum atomic E-state index is 5.15. The second kappa shape index (κ2) is 5.41. The lowest BCUT2D eigenvalue weighted by Crippen LogP contribution is -2.36. The quantitative estimate of drug-likeness (QED) is 0.828. The number of hydrogen-bond acceptors (Lipinski definition) is 5. The molecule has 0 aliphatic carbocycles. The van der Waals surface area contributed by atoms with Gasteiger partial charge in [0.25, 0.3) is 0 Å². The van der Waals surface area contributed by atoms with Gasteiger partial charge >= 0.3 is 0 Å². The van der Waals surface area contributed by atoms with Crippen molar-refractivity contribution in [3.8, 4) is 0 Å². The summed E-state index contributed by atoms with van der Waals surface area (Å²) in [6.45, 7) is 8.13. The van der Waals surface area contributed by atoms with Crippen molar-refractivity contribution >= 4 is 0 Å². The highest BCUT2D eigenvalue weighted by molar-refractivity contribution is 4.85. The first kappa shape index (κ1) is 11.5. The maximum Gasteiger partial charge on any atom is 0.240 e. The van der Waals surface area contributed by atoms with E-state index in [1.807, 2.05) is 6.92 Å². The minimum Gasteiger partial charge on any atom is -0.338 e. The molecule has 16 heavy (non-hydrogen) atoms. The predicted octanol–water partition coefficient (Wildman–Crippen LogP) is 0.952. The van der Waals surface area contributed by atoms with Crippen LogP contribution in [0.2, 0.25) is 0 Å². The van der Waals surface area contributed by atoms with Crippen LogP contribution in [-0.2, 0) is 6.54 Å². The summed E-state index contributed by atoms with van der Waals surface area (Å²) in [5.74, 6) is 1.45. The van der Waals surface area contributed by atoms with Crippen LogP contribution in [0.15, 0.2) is 4.52 Å². The molecule has 1 aromatic heterocycles. The minimum absolute atomic E-state index is 0.589. The molecule has 0 bridgehead atoms. The fraction of sp³-hybridized carbons (Fsp3) is 0.818. The van der Waals surface area contributed by atoms with Gasteiger partial charge in [0.05, 0.1) is 6.54 Å². The summed E-state index contributed by atoms with van der Waals surface area (Å²) in [6.07, 6.45) is 2.35. The van der Waals surface area contributed by atoms with Crippen LogP contribution in [0.3, 0.4) is 0 Å². The van der Waals surface area contributed by atoms with Crippen LogP contribution < -0.4 is 5.32 Å². The Hall–Kier alpha value is -0.940. The molecular formula is C11H20N4O. The molecule has 2 heterocycles. The fourth-order valence-electron chi connectivity index (χ4n) is 2.09. The van der Waals surface area contributed by atoms with E-state index < -0.39 is 0 Å². The molecule has 90 valence electrons. The number of nitrogens with zero attached hydrogens (tertiary/aromatic N) is 3. The van der Waals surface area contributed by atoms with E-state index in [4.69, 9.17) is 4.52 Å². The van der Waals surface area contributed by atoms with Gasteiger partial charge < -0.3 is 9.84 Å². The molecule has 1 unspecified atom stereocenters. The smallest absolute Gasteiger partial charge is 0.240 e. The summed E-state index contributed by atoms with van der Waals surface area (Å²) in [4.78, 5) is 6.64. The van der Waals surface area contributed by atoms with Gasteiger partial charge in [-0.1, -0.05) is 12.1 Å².